The molecular weight excluding hydrogens is 355 g/mol. The van der Waals surface area contributed by atoms with Gasteiger partial charge in [-0.25, -0.2) is 0 Å². The molecule has 1 aliphatic rings. The third kappa shape index (κ3) is 3.71. The number of anilines is 1. The summed E-state index contributed by atoms with van der Waals surface area (Å²) in [5, 5.41) is 0. The summed E-state index contributed by atoms with van der Waals surface area (Å²) in [4.78, 5) is 14.0. The Morgan fingerprint density at radius 1 is 1.57 bits per heavy atom. The van der Waals surface area contributed by atoms with Crippen LogP contribution in [0.2, 0.25) is 0 Å². The van der Waals surface area contributed by atoms with Crippen molar-refractivity contribution < 1.29 is 32.1 Å². The molecular formula is C16H21NO3Ru+. The second-order valence-electron chi connectivity index (χ2n) is 5.53. The molecule has 1 amide bonds. The predicted octanol–water partition coefficient (Wildman–Crippen LogP) is 3.15. The van der Waals surface area contributed by atoms with Crippen LogP contribution >= 0.6 is 0 Å². The Morgan fingerprint density at radius 2 is 2.33 bits per heavy atom. The Labute approximate surface area is 135 Å². The van der Waals surface area contributed by atoms with Crippen LogP contribution in [0.1, 0.15) is 32.8 Å². The molecule has 0 spiro atoms. The molecule has 5 heteroatoms. The van der Waals surface area contributed by atoms with E-state index >= 15 is 0 Å². The van der Waals surface area contributed by atoms with E-state index < -0.39 is 0 Å². The molecule has 115 valence electrons. The third-order valence-corrected chi connectivity index (χ3v) is 3.85. The number of hydrogen-bond donors (Lipinski definition) is 0. The second kappa shape index (κ2) is 7.17. The Kier molecular flexibility index (Phi) is 5.52. The molecule has 21 heavy (non-hydrogen) atoms. The molecule has 1 atom stereocenters. The van der Waals surface area contributed by atoms with E-state index in [0.29, 0.717) is 19.1 Å². The van der Waals surface area contributed by atoms with Gasteiger partial charge in [-0.05, 0) is 0 Å². The van der Waals surface area contributed by atoms with Gasteiger partial charge in [0.1, 0.15) is 0 Å². The number of para-hydroxylation sites is 1. The third-order valence-electron chi connectivity index (χ3n) is 3.31. The minimum atomic E-state index is -0.297. The molecule has 0 bridgehead atoms. The van der Waals surface area contributed by atoms with Crippen molar-refractivity contribution in [2.75, 3.05) is 18.1 Å². The molecule has 0 aromatic heterocycles. The summed E-state index contributed by atoms with van der Waals surface area (Å²) in [5.74, 6) is 1.08. The Bertz CT molecular complexity index is 530. The number of nitrogens with zero attached hydrogens (tertiary/aromatic N) is 1. The van der Waals surface area contributed by atoms with Gasteiger partial charge in [0, 0.05) is 0 Å². The Balaban J connectivity index is 2.30. The molecule has 1 heterocycles. The summed E-state index contributed by atoms with van der Waals surface area (Å²) in [7, 11) is 0. The standard InChI is InChI=1S/C16H21NO3.Ru/c1-5-13-9-17(16(18)19-10-11(2)3)14-8-6-7-12(4)15(14)20-13;/h4,6-8,11,13H,5,9-10H2,1-3H3;/q;+1. The molecule has 0 saturated heterocycles. The molecule has 1 unspecified atom stereocenters. The summed E-state index contributed by atoms with van der Waals surface area (Å²) in [6.07, 6.45) is 0.547. The van der Waals surface area contributed by atoms with Crippen molar-refractivity contribution in [3.8, 4) is 5.75 Å². The van der Waals surface area contributed by atoms with Crippen LogP contribution in [-0.2, 0) is 22.6 Å². The number of fused-ring (bicyclic) bond motifs is 1. The van der Waals surface area contributed by atoms with Gasteiger partial charge in [0.05, 0.1) is 0 Å². The zero-order valence-corrected chi connectivity index (χ0v) is 14.3. The predicted molar refractivity (Wildman–Crippen MR) is 79.8 cm³/mol. The van der Waals surface area contributed by atoms with E-state index in [2.05, 4.69) is 24.8 Å². The Morgan fingerprint density at radius 3 is 2.95 bits per heavy atom. The van der Waals surface area contributed by atoms with Gasteiger partial charge in [0.15, 0.2) is 0 Å². The van der Waals surface area contributed by atoms with Gasteiger partial charge < -0.3 is 0 Å². The number of ether oxygens (including phenoxy) is 2. The summed E-state index contributed by atoms with van der Waals surface area (Å²) in [5.41, 5.74) is 1.76. The first-order valence-corrected chi connectivity index (χ1v) is 8.23. The average molecular weight is 376 g/mol. The molecule has 4 nitrogen and oxygen atoms in total. The summed E-state index contributed by atoms with van der Waals surface area (Å²) in [6, 6.07) is 5.80. The fourth-order valence-corrected chi connectivity index (χ4v) is 2.57. The second-order valence-corrected chi connectivity index (χ2v) is 6.03. The van der Waals surface area contributed by atoms with Crippen molar-refractivity contribution >= 4 is 16.4 Å². The van der Waals surface area contributed by atoms with Crippen molar-refractivity contribution in [3.05, 3.63) is 23.8 Å². The van der Waals surface area contributed by atoms with Crippen LogP contribution in [0.25, 0.3) is 0 Å². The maximum atomic E-state index is 12.4. The van der Waals surface area contributed by atoms with E-state index in [-0.39, 0.29) is 12.2 Å². The minimum absolute atomic E-state index is 0.00296. The van der Waals surface area contributed by atoms with Gasteiger partial charge in [0.25, 0.3) is 0 Å². The van der Waals surface area contributed by atoms with Crippen LogP contribution in [0.15, 0.2) is 18.2 Å². The maximum absolute atomic E-state index is 12.4. The normalized spacial score (nSPS) is 17.1. The number of rotatable bonds is 4. The van der Waals surface area contributed by atoms with Crippen LogP contribution in [0, 0.1) is 5.92 Å². The molecule has 1 aliphatic heterocycles. The number of benzene rings is 1. The van der Waals surface area contributed by atoms with Crippen LogP contribution in [-0.4, -0.2) is 30.0 Å². The van der Waals surface area contributed by atoms with E-state index in [1.807, 2.05) is 36.7 Å². The van der Waals surface area contributed by atoms with Crippen molar-refractivity contribution in [2.24, 2.45) is 5.92 Å². The first kappa shape index (κ1) is 16.2. The Hall–Kier alpha value is -1.22. The van der Waals surface area contributed by atoms with Gasteiger partial charge in [0.2, 0.25) is 0 Å². The molecule has 1 aromatic carbocycles. The molecule has 0 saturated carbocycles. The first-order chi connectivity index (χ1) is 10.1. The zero-order valence-electron chi connectivity index (χ0n) is 12.6. The quantitative estimate of drug-likeness (QED) is 0.758. The summed E-state index contributed by atoms with van der Waals surface area (Å²) >= 11 is 2.48. The van der Waals surface area contributed by atoms with Crippen LogP contribution < -0.4 is 9.64 Å². The van der Waals surface area contributed by atoms with Crippen LogP contribution in [0.4, 0.5) is 10.5 Å². The van der Waals surface area contributed by atoms with E-state index in [4.69, 9.17) is 9.47 Å². The van der Waals surface area contributed by atoms with Crippen molar-refractivity contribution in [3.63, 3.8) is 0 Å². The van der Waals surface area contributed by atoms with Crippen molar-refractivity contribution in [2.45, 2.75) is 33.3 Å². The number of carbonyl (C=O) groups excluding carboxylic acids is 1. The van der Waals surface area contributed by atoms with Gasteiger partial charge in [-0.1, -0.05) is 0 Å². The molecule has 0 fully saturated rings. The molecule has 1 aromatic rings. The zero-order chi connectivity index (χ0) is 15.4. The average Bonchev–Trinajstić information content (AvgIpc) is 2.50. The number of hydrogen-bond acceptors (Lipinski definition) is 3. The number of amides is 1. The van der Waals surface area contributed by atoms with Crippen LogP contribution in [0.5, 0.6) is 5.75 Å². The van der Waals surface area contributed by atoms with Gasteiger partial charge in [-0.3, -0.25) is 0 Å². The van der Waals surface area contributed by atoms with Gasteiger partial charge >= 0.3 is 135 Å². The summed E-state index contributed by atoms with van der Waals surface area (Å²) in [6.45, 7) is 7.07. The molecule has 0 radical (unpaired) electrons. The fourth-order valence-electron chi connectivity index (χ4n) is 2.17. The first-order valence-electron chi connectivity index (χ1n) is 7.22. The fraction of sp³-hybridized carbons (Fsp3) is 0.500. The van der Waals surface area contributed by atoms with E-state index in [0.717, 1.165) is 23.4 Å². The summed E-state index contributed by atoms with van der Waals surface area (Å²) < 4.78 is 13.3. The van der Waals surface area contributed by atoms with E-state index in [1.165, 1.54) is 0 Å². The van der Waals surface area contributed by atoms with E-state index in [9.17, 15) is 4.79 Å². The molecule has 0 aliphatic carbocycles. The number of carbonyl (C=O) groups is 1. The molecule has 0 N–H and O–H groups in total. The van der Waals surface area contributed by atoms with Gasteiger partial charge in [-0.15, -0.1) is 0 Å². The SMILES string of the molecule is CCC1CN(C(=O)OCC(C)C)c2cccc([CH]=[Ru+])c2O1. The van der Waals surface area contributed by atoms with E-state index in [1.54, 1.807) is 4.90 Å². The molecule has 2 rings (SSSR count). The topological polar surface area (TPSA) is 38.8 Å². The van der Waals surface area contributed by atoms with Crippen molar-refractivity contribution in [1.82, 2.24) is 0 Å². The monoisotopic (exact) mass is 377 g/mol. The van der Waals surface area contributed by atoms with Crippen LogP contribution in [0.3, 0.4) is 0 Å². The van der Waals surface area contributed by atoms with Gasteiger partial charge in [-0.2, -0.15) is 0 Å². The van der Waals surface area contributed by atoms with Crippen molar-refractivity contribution in [1.29, 1.82) is 0 Å².